The van der Waals surface area contributed by atoms with E-state index in [-0.39, 0.29) is 0 Å². The minimum Gasteiger partial charge on any atom is -0.420 e. The number of nitrogens with zero attached hydrogens (tertiary/aromatic N) is 5. The van der Waals surface area contributed by atoms with Crippen LogP contribution in [0.25, 0.3) is 11.5 Å². The van der Waals surface area contributed by atoms with Crippen molar-refractivity contribution in [2.24, 2.45) is 0 Å². The average Bonchev–Trinajstić information content (AvgIpc) is 3.14. The lowest BCUT2D eigenvalue weighted by atomic mass is 9.97. The fourth-order valence-electron chi connectivity index (χ4n) is 3.16. The number of aromatic nitrogens is 4. The van der Waals surface area contributed by atoms with E-state index in [4.69, 9.17) is 4.42 Å². The molecule has 4 heterocycles. The van der Waals surface area contributed by atoms with Crippen LogP contribution in [-0.4, -0.2) is 38.2 Å². The fraction of sp³-hybridized carbons (Fsp3) is 0.333. The van der Waals surface area contributed by atoms with Gasteiger partial charge in [-0.25, -0.2) is 0 Å². The molecule has 6 nitrogen and oxygen atoms in total. The van der Waals surface area contributed by atoms with E-state index in [0.717, 1.165) is 43.9 Å². The number of hydrogen-bond donors (Lipinski definition) is 0. The third-order valence-corrected chi connectivity index (χ3v) is 4.38. The van der Waals surface area contributed by atoms with Gasteiger partial charge in [-0.3, -0.25) is 14.9 Å². The maximum Gasteiger partial charge on any atom is 0.247 e. The van der Waals surface area contributed by atoms with Gasteiger partial charge >= 0.3 is 0 Å². The molecule has 0 bridgehead atoms. The summed E-state index contributed by atoms with van der Waals surface area (Å²) < 4.78 is 5.92. The van der Waals surface area contributed by atoms with Crippen molar-refractivity contribution in [2.45, 2.75) is 25.3 Å². The average molecular weight is 321 g/mol. The molecule has 0 radical (unpaired) electrons. The van der Waals surface area contributed by atoms with Crippen molar-refractivity contribution >= 4 is 0 Å². The van der Waals surface area contributed by atoms with E-state index in [1.165, 1.54) is 5.56 Å². The van der Waals surface area contributed by atoms with E-state index in [9.17, 15) is 0 Å². The Balaban J connectivity index is 1.45. The van der Waals surface area contributed by atoms with Crippen LogP contribution in [0.4, 0.5) is 0 Å². The molecule has 3 aromatic heterocycles. The van der Waals surface area contributed by atoms with Gasteiger partial charge < -0.3 is 4.42 Å². The van der Waals surface area contributed by atoms with Crippen LogP contribution >= 0.6 is 0 Å². The smallest absolute Gasteiger partial charge is 0.247 e. The minimum atomic E-state index is 0.295. The van der Waals surface area contributed by atoms with E-state index in [0.29, 0.717) is 11.8 Å². The summed E-state index contributed by atoms with van der Waals surface area (Å²) >= 11 is 0. The number of pyridine rings is 2. The zero-order valence-electron chi connectivity index (χ0n) is 13.4. The highest BCUT2D eigenvalue weighted by Crippen LogP contribution is 2.28. The molecule has 0 spiro atoms. The van der Waals surface area contributed by atoms with Crippen molar-refractivity contribution in [2.75, 3.05) is 13.1 Å². The van der Waals surface area contributed by atoms with Gasteiger partial charge in [-0.15, -0.1) is 10.2 Å². The van der Waals surface area contributed by atoms with Crippen LogP contribution in [0.5, 0.6) is 0 Å². The number of rotatable bonds is 4. The van der Waals surface area contributed by atoms with Crippen LogP contribution < -0.4 is 0 Å². The van der Waals surface area contributed by atoms with E-state index < -0.39 is 0 Å². The zero-order valence-corrected chi connectivity index (χ0v) is 13.4. The van der Waals surface area contributed by atoms with Crippen LogP contribution in [0.15, 0.2) is 53.5 Å². The molecule has 0 aromatic carbocycles. The van der Waals surface area contributed by atoms with Gasteiger partial charge in [-0.05, 0) is 49.2 Å². The Morgan fingerprint density at radius 1 is 1.00 bits per heavy atom. The monoisotopic (exact) mass is 321 g/mol. The Morgan fingerprint density at radius 2 is 1.75 bits per heavy atom. The fourth-order valence-corrected chi connectivity index (χ4v) is 3.16. The second kappa shape index (κ2) is 6.88. The molecule has 0 amide bonds. The first-order chi connectivity index (χ1) is 11.9. The molecule has 0 saturated carbocycles. The molecule has 3 aromatic rings. The van der Waals surface area contributed by atoms with E-state index in [1.54, 1.807) is 12.4 Å². The van der Waals surface area contributed by atoms with Crippen molar-refractivity contribution in [3.05, 3.63) is 60.5 Å². The van der Waals surface area contributed by atoms with E-state index in [2.05, 4.69) is 37.2 Å². The molecule has 0 aliphatic carbocycles. The SMILES string of the molecule is c1cc(CN2CCC[C@H](c3nnc(-c4ccncc4)o3)C2)ccn1. The summed E-state index contributed by atoms with van der Waals surface area (Å²) in [7, 11) is 0. The summed E-state index contributed by atoms with van der Waals surface area (Å²) in [5.41, 5.74) is 2.20. The summed E-state index contributed by atoms with van der Waals surface area (Å²) in [6, 6.07) is 7.90. The first kappa shape index (κ1) is 15.0. The van der Waals surface area contributed by atoms with E-state index >= 15 is 0 Å². The molecule has 1 fully saturated rings. The lowest BCUT2D eigenvalue weighted by Crippen LogP contribution is -2.34. The van der Waals surface area contributed by atoms with Crippen molar-refractivity contribution in [1.29, 1.82) is 0 Å². The van der Waals surface area contributed by atoms with Crippen LogP contribution in [0.1, 0.15) is 30.2 Å². The maximum absolute atomic E-state index is 5.92. The lowest BCUT2D eigenvalue weighted by molar-refractivity contribution is 0.186. The van der Waals surface area contributed by atoms with Crippen LogP contribution in [0.3, 0.4) is 0 Å². The maximum atomic E-state index is 5.92. The van der Waals surface area contributed by atoms with Crippen molar-refractivity contribution in [1.82, 2.24) is 25.1 Å². The Hall–Kier alpha value is -2.60. The van der Waals surface area contributed by atoms with E-state index in [1.807, 2.05) is 24.5 Å². The Kier molecular flexibility index (Phi) is 4.29. The molecule has 1 aliphatic rings. The Morgan fingerprint density at radius 3 is 2.54 bits per heavy atom. The molecular weight excluding hydrogens is 302 g/mol. The number of piperidine rings is 1. The molecule has 1 atom stereocenters. The highest BCUT2D eigenvalue weighted by molar-refractivity contribution is 5.50. The van der Waals surface area contributed by atoms with Gasteiger partial charge in [0.1, 0.15) is 0 Å². The molecule has 6 heteroatoms. The summed E-state index contributed by atoms with van der Waals surface area (Å²) in [5, 5.41) is 8.48. The largest absolute Gasteiger partial charge is 0.420 e. The molecule has 1 aliphatic heterocycles. The highest BCUT2D eigenvalue weighted by Gasteiger charge is 2.26. The summed E-state index contributed by atoms with van der Waals surface area (Å²) in [5.74, 6) is 1.60. The molecule has 1 saturated heterocycles. The first-order valence-corrected chi connectivity index (χ1v) is 8.23. The second-order valence-corrected chi connectivity index (χ2v) is 6.11. The molecule has 122 valence electrons. The summed E-state index contributed by atoms with van der Waals surface area (Å²) in [6.45, 7) is 2.98. The third kappa shape index (κ3) is 3.33. The standard InChI is InChI=1S/C18H19N5O/c1-2-16(13-23(11-1)12-14-3-7-19-8-4-14)18-22-21-17(24-18)15-5-9-20-10-6-15/h3-10,16H,1-2,11-13H2/t16-/m0/s1. The quantitative estimate of drug-likeness (QED) is 0.736. The second-order valence-electron chi connectivity index (χ2n) is 6.11. The predicted octanol–water partition coefficient (Wildman–Crippen LogP) is 2.91. The zero-order chi connectivity index (χ0) is 16.2. The highest BCUT2D eigenvalue weighted by atomic mass is 16.4. The normalized spacial score (nSPS) is 18.6. The minimum absolute atomic E-state index is 0.295. The topological polar surface area (TPSA) is 67.9 Å². The van der Waals surface area contributed by atoms with Crippen molar-refractivity contribution in [3.8, 4) is 11.5 Å². The van der Waals surface area contributed by atoms with Gasteiger partial charge in [-0.1, -0.05) is 0 Å². The molecule has 0 N–H and O–H groups in total. The lowest BCUT2D eigenvalue weighted by Gasteiger charge is -2.30. The summed E-state index contributed by atoms with van der Waals surface area (Å²) in [4.78, 5) is 10.5. The van der Waals surface area contributed by atoms with Gasteiger partial charge in [0.25, 0.3) is 0 Å². The van der Waals surface area contributed by atoms with Gasteiger partial charge in [0.15, 0.2) is 0 Å². The van der Waals surface area contributed by atoms with Gasteiger partial charge in [0.05, 0.1) is 5.92 Å². The first-order valence-electron chi connectivity index (χ1n) is 8.23. The third-order valence-electron chi connectivity index (χ3n) is 4.38. The summed E-state index contributed by atoms with van der Waals surface area (Å²) in [6.07, 6.45) is 9.38. The van der Waals surface area contributed by atoms with Gasteiger partial charge in [0.2, 0.25) is 11.8 Å². The van der Waals surface area contributed by atoms with Crippen LogP contribution in [-0.2, 0) is 6.54 Å². The van der Waals surface area contributed by atoms with Gasteiger partial charge in [0, 0.05) is 43.4 Å². The number of likely N-dealkylation sites (tertiary alicyclic amines) is 1. The molecular formula is C18H19N5O. The van der Waals surface area contributed by atoms with Gasteiger partial charge in [-0.2, -0.15) is 0 Å². The van der Waals surface area contributed by atoms with Crippen LogP contribution in [0, 0.1) is 0 Å². The molecule has 24 heavy (non-hydrogen) atoms. The Bertz CT molecular complexity index is 774. The number of hydrogen-bond acceptors (Lipinski definition) is 6. The van der Waals surface area contributed by atoms with Crippen LogP contribution in [0.2, 0.25) is 0 Å². The molecule has 0 unspecified atom stereocenters. The van der Waals surface area contributed by atoms with Crippen molar-refractivity contribution < 1.29 is 4.42 Å². The van der Waals surface area contributed by atoms with Crippen molar-refractivity contribution in [3.63, 3.8) is 0 Å². The molecule has 4 rings (SSSR count). The predicted molar refractivity (Wildman–Crippen MR) is 89.0 cm³/mol. The Labute approximate surface area is 140 Å².